The molecule has 0 saturated heterocycles. The van der Waals surface area contributed by atoms with Gasteiger partial charge in [0.2, 0.25) is 0 Å². The number of hydrogen-bond donors (Lipinski definition) is 0. The maximum Gasteiger partial charge on any atom is 0.161 e. The van der Waals surface area contributed by atoms with E-state index in [0.717, 1.165) is 44.5 Å². The van der Waals surface area contributed by atoms with E-state index in [1.54, 1.807) is 0 Å². The molecule has 0 bridgehead atoms. The topological polar surface area (TPSA) is 35.9 Å². The summed E-state index contributed by atoms with van der Waals surface area (Å²) in [6.07, 6.45) is 1.83. The Morgan fingerprint density at radius 3 is 1.83 bits per heavy atom. The van der Waals surface area contributed by atoms with Gasteiger partial charge in [-0.25, -0.2) is 0 Å². The summed E-state index contributed by atoms with van der Waals surface area (Å²) in [4.78, 5) is 4.67. The number of pyridine rings is 1. The van der Waals surface area contributed by atoms with Gasteiger partial charge in [-0.3, -0.25) is 4.98 Å². The smallest absolute Gasteiger partial charge is 0.161 e. The van der Waals surface area contributed by atoms with Crippen LogP contribution in [0.5, 0.6) is 0 Å². The van der Waals surface area contributed by atoms with Gasteiger partial charge in [0.25, 0.3) is 0 Å². The lowest BCUT2D eigenvalue weighted by molar-refractivity contribution is 0.665. The van der Waals surface area contributed by atoms with E-state index in [4.69, 9.17) is 4.42 Å². The minimum atomic E-state index is 0.789. The molecule has 252 valence electrons. The third-order valence-corrected chi connectivity index (χ3v) is 10.4. The van der Waals surface area contributed by atoms with Crippen LogP contribution in [0.3, 0.4) is 0 Å². The van der Waals surface area contributed by atoms with Crippen molar-refractivity contribution in [3.8, 4) is 33.6 Å². The number of nitrogens with zero attached hydrogens (tertiary/aromatic N) is 3. The third-order valence-electron chi connectivity index (χ3n) is 10.4. The molecule has 11 rings (SSSR count). The van der Waals surface area contributed by atoms with Crippen LogP contribution in [0.1, 0.15) is 13.8 Å². The lowest BCUT2D eigenvalue weighted by atomic mass is 9.92. The highest BCUT2D eigenvalue weighted by Crippen LogP contribution is 2.44. The predicted octanol–water partition coefficient (Wildman–Crippen LogP) is 13.5. The van der Waals surface area contributed by atoms with Gasteiger partial charge in [-0.2, -0.15) is 0 Å². The van der Waals surface area contributed by atoms with Crippen LogP contribution >= 0.6 is 0 Å². The van der Waals surface area contributed by atoms with Crippen LogP contribution in [0.15, 0.2) is 180 Å². The van der Waals surface area contributed by atoms with E-state index < -0.39 is 0 Å². The number of benzene rings is 7. The molecule has 0 aliphatic heterocycles. The van der Waals surface area contributed by atoms with Crippen molar-refractivity contribution in [2.75, 3.05) is 0 Å². The fourth-order valence-corrected chi connectivity index (χ4v) is 8.15. The zero-order valence-corrected chi connectivity index (χ0v) is 29.5. The summed E-state index contributed by atoms with van der Waals surface area (Å²) in [5.74, 6) is 0. The molecule has 4 heterocycles. The molecule has 0 fully saturated rings. The normalized spacial score (nSPS) is 11.6. The summed E-state index contributed by atoms with van der Waals surface area (Å²) >= 11 is 0. The molecule has 4 nitrogen and oxygen atoms in total. The molecule has 7 aromatic carbocycles. The molecule has 0 unspecified atom stereocenters. The first-order valence-corrected chi connectivity index (χ1v) is 18.3. The van der Waals surface area contributed by atoms with Crippen LogP contribution in [0.25, 0.3) is 99.3 Å². The second-order valence-corrected chi connectivity index (χ2v) is 13.2. The number of para-hydroxylation sites is 4. The zero-order chi connectivity index (χ0) is 35.5. The Morgan fingerprint density at radius 2 is 1.06 bits per heavy atom. The second-order valence-electron chi connectivity index (χ2n) is 13.2. The van der Waals surface area contributed by atoms with E-state index in [2.05, 4.69) is 172 Å². The number of hydrogen-bond acceptors (Lipinski definition) is 2. The Morgan fingerprint density at radius 1 is 0.434 bits per heavy atom. The summed E-state index contributed by atoms with van der Waals surface area (Å²) in [6.45, 7) is 4.00. The summed E-state index contributed by atoms with van der Waals surface area (Å²) < 4.78 is 11.3. The van der Waals surface area contributed by atoms with Crippen LogP contribution in [0, 0.1) is 0 Å². The molecular formula is C49H35N3O. The van der Waals surface area contributed by atoms with Crippen molar-refractivity contribution < 1.29 is 4.42 Å². The molecule has 0 amide bonds. The van der Waals surface area contributed by atoms with Gasteiger partial charge in [0.15, 0.2) is 11.2 Å². The van der Waals surface area contributed by atoms with Crippen LogP contribution in [0.2, 0.25) is 0 Å². The van der Waals surface area contributed by atoms with Crippen molar-refractivity contribution in [3.63, 3.8) is 0 Å². The van der Waals surface area contributed by atoms with E-state index in [-0.39, 0.29) is 0 Å². The van der Waals surface area contributed by atoms with Gasteiger partial charge >= 0.3 is 0 Å². The van der Waals surface area contributed by atoms with Gasteiger partial charge in [-0.05, 0) is 95.1 Å². The number of aromatic nitrogens is 3. The van der Waals surface area contributed by atoms with Gasteiger partial charge in [0.1, 0.15) is 5.52 Å². The molecule has 0 saturated carbocycles. The van der Waals surface area contributed by atoms with Gasteiger partial charge in [0, 0.05) is 38.8 Å². The molecule has 0 radical (unpaired) electrons. The minimum absolute atomic E-state index is 0.789. The lowest BCUT2D eigenvalue weighted by Gasteiger charge is -2.14. The van der Waals surface area contributed by atoms with Crippen LogP contribution in [-0.2, 0) is 0 Å². The molecule has 53 heavy (non-hydrogen) atoms. The van der Waals surface area contributed by atoms with Gasteiger partial charge < -0.3 is 13.6 Å². The molecule has 0 aliphatic carbocycles. The Hall–Kier alpha value is -6.91. The van der Waals surface area contributed by atoms with Crippen LogP contribution < -0.4 is 0 Å². The fraction of sp³-hybridized carbons (Fsp3) is 0.0408. The molecule has 0 N–H and O–H groups in total. The number of furan rings is 1. The maximum atomic E-state index is 6.54. The zero-order valence-electron chi connectivity index (χ0n) is 29.5. The molecular weight excluding hydrogens is 647 g/mol. The fourth-order valence-electron chi connectivity index (χ4n) is 8.15. The predicted molar refractivity (Wildman–Crippen MR) is 222 cm³/mol. The number of rotatable bonds is 4. The Kier molecular flexibility index (Phi) is 7.22. The lowest BCUT2D eigenvalue weighted by Crippen LogP contribution is -1.95. The molecule has 0 spiro atoms. The van der Waals surface area contributed by atoms with Crippen molar-refractivity contribution in [1.29, 1.82) is 0 Å². The molecule has 4 heteroatoms. The Labute approximate surface area is 306 Å². The first-order chi connectivity index (χ1) is 26.3. The van der Waals surface area contributed by atoms with Crippen molar-refractivity contribution in [2.24, 2.45) is 0 Å². The standard InChI is InChI=1S/C47H29N3O.C2H6/c1-3-13-30(14-4-1)37-29-44-39(34-18-8-10-21-41(34)50(44)43-22-11-19-35-46-45(51-47(35)43)23-12-26-48-46)28-36(37)31-24-25-42-38(27-31)33-17-7-9-20-40(33)49(42)32-15-5-2-6-16-32;1-2/h1-29H;1-2H3. The van der Waals surface area contributed by atoms with E-state index in [1.165, 1.54) is 54.8 Å². The summed E-state index contributed by atoms with van der Waals surface area (Å²) in [5, 5.41) is 5.88. The maximum absolute atomic E-state index is 6.54. The Balaban J connectivity index is 0.00000172. The average Bonchev–Trinajstić information content (AvgIpc) is 3.89. The number of fused-ring (bicyclic) bond motifs is 9. The highest BCUT2D eigenvalue weighted by Gasteiger charge is 2.21. The highest BCUT2D eigenvalue weighted by atomic mass is 16.3. The first kappa shape index (κ1) is 30.9. The van der Waals surface area contributed by atoms with Crippen molar-refractivity contribution in [1.82, 2.24) is 14.1 Å². The van der Waals surface area contributed by atoms with E-state index in [1.807, 2.05) is 32.2 Å². The highest BCUT2D eigenvalue weighted by molar-refractivity contribution is 6.15. The van der Waals surface area contributed by atoms with Crippen LogP contribution in [-0.4, -0.2) is 14.1 Å². The van der Waals surface area contributed by atoms with Crippen molar-refractivity contribution in [2.45, 2.75) is 13.8 Å². The summed E-state index contributed by atoms with van der Waals surface area (Å²) in [5.41, 5.74) is 14.0. The van der Waals surface area contributed by atoms with E-state index >= 15 is 0 Å². The second kappa shape index (κ2) is 12.4. The molecule has 0 atom stereocenters. The van der Waals surface area contributed by atoms with Crippen molar-refractivity contribution in [3.05, 3.63) is 176 Å². The van der Waals surface area contributed by atoms with Gasteiger partial charge in [-0.1, -0.05) is 111 Å². The van der Waals surface area contributed by atoms with Gasteiger partial charge in [-0.15, -0.1) is 0 Å². The monoisotopic (exact) mass is 681 g/mol. The van der Waals surface area contributed by atoms with E-state index in [9.17, 15) is 0 Å². The average molecular weight is 682 g/mol. The summed E-state index contributed by atoms with van der Waals surface area (Å²) in [6, 6.07) is 60.8. The molecule has 11 aromatic rings. The third kappa shape index (κ3) is 4.73. The SMILES string of the molecule is CC.c1ccc(-c2cc3c(cc2-c2ccc4c(c2)c2ccccc2n4-c2ccccc2)c2ccccc2n3-c2cccc3c2oc2cccnc23)cc1. The molecule has 0 aliphatic rings. The Bertz CT molecular complexity index is 3130. The van der Waals surface area contributed by atoms with Crippen LogP contribution in [0.4, 0.5) is 0 Å². The first-order valence-electron chi connectivity index (χ1n) is 18.3. The van der Waals surface area contributed by atoms with E-state index in [0.29, 0.717) is 0 Å². The largest absolute Gasteiger partial charge is 0.452 e. The molecule has 4 aromatic heterocycles. The quantitative estimate of drug-likeness (QED) is 0.185. The van der Waals surface area contributed by atoms with Gasteiger partial charge in [0.05, 0.1) is 27.8 Å². The minimum Gasteiger partial charge on any atom is -0.452 e. The summed E-state index contributed by atoms with van der Waals surface area (Å²) in [7, 11) is 0. The van der Waals surface area contributed by atoms with Crippen molar-refractivity contribution >= 4 is 65.7 Å².